The molecule has 152 valence electrons. The summed E-state index contributed by atoms with van der Waals surface area (Å²) in [6.45, 7) is 7.74. The molecule has 9 heteroatoms. The highest BCUT2D eigenvalue weighted by Gasteiger charge is 2.34. The van der Waals surface area contributed by atoms with E-state index in [4.69, 9.17) is 28.1 Å². The van der Waals surface area contributed by atoms with Crippen LogP contribution < -0.4 is 16.4 Å². The largest absolute Gasteiger partial charge is 0.390 e. The second-order valence-electron chi connectivity index (χ2n) is 7.58. The van der Waals surface area contributed by atoms with Crippen molar-refractivity contribution in [1.29, 1.82) is 0 Å². The van der Waals surface area contributed by atoms with Gasteiger partial charge in [0.1, 0.15) is 16.5 Å². The smallest absolute Gasteiger partial charge is 0.153 e. The number of rotatable bonds is 5. The Labute approximate surface area is 174 Å². The van der Waals surface area contributed by atoms with Crippen LogP contribution in [0.3, 0.4) is 0 Å². The SMILES string of the molecule is Cc1nc(N2CCC(C)([C@@H](C)N)CC2)c(CO)nc1Sc1ccnc(N)c1Cl. The molecule has 2 aromatic heterocycles. The average molecular weight is 423 g/mol. The molecule has 0 aliphatic carbocycles. The van der Waals surface area contributed by atoms with Gasteiger partial charge in [-0.05, 0) is 38.2 Å². The van der Waals surface area contributed by atoms with Gasteiger partial charge in [0.15, 0.2) is 5.82 Å². The molecule has 0 aromatic carbocycles. The lowest BCUT2D eigenvalue weighted by atomic mass is 9.75. The maximum atomic E-state index is 9.91. The molecule has 2 aromatic rings. The Kier molecular flexibility index (Phi) is 6.34. The third-order valence-corrected chi connectivity index (χ3v) is 7.27. The third-order valence-electron chi connectivity index (χ3n) is 5.62. The minimum Gasteiger partial charge on any atom is -0.390 e. The van der Waals surface area contributed by atoms with Crippen molar-refractivity contribution in [2.75, 3.05) is 23.7 Å². The first-order valence-corrected chi connectivity index (χ1v) is 10.5. The zero-order valence-electron chi connectivity index (χ0n) is 16.4. The average Bonchev–Trinajstić information content (AvgIpc) is 2.67. The summed E-state index contributed by atoms with van der Waals surface area (Å²) in [6, 6.07) is 1.94. The van der Waals surface area contributed by atoms with Gasteiger partial charge in [-0.25, -0.2) is 15.0 Å². The van der Waals surface area contributed by atoms with Crippen LogP contribution in [0.25, 0.3) is 0 Å². The van der Waals surface area contributed by atoms with E-state index in [-0.39, 0.29) is 23.9 Å². The number of nitrogen functional groups attached to an aromatic ring is 1. The predicted octanol–water partition coefficient (Wildman–Crippen LogP) is 3.01. The molecular formula is C19H27ClN6OS. The van der Waals surface area contributed by atoms with Crippen molar-refractivity contribution in [3.05, 3.63) is 28.7 Å². The first kappa shape index (κ1) is 21.1. The van der Waals surface area contributed by atoms with E-state index in [2.05, 4.69) is 28.7 Å². The van der Waals surface area contributed by atoms with Crippen LogP contribution in [0.4, 0.5) is 11.6 Å². The lowest BCUT2D eigenvalue weighted by molar-refractivity contribution is 0.204. The number of piperidine rings is 1. The Balaban J connectivity index is 1.85. The van der Waals surface area contributed by atoms with E-state index < -0.39 is 0 Å². The molecule has 1 fully saturated rings. The highest BCUT2D eigenvalue weighted by molar-refractivity contribution is 7.99. The van der Waals surface area contributed by atoms with Gasteiger partial charge in [0.25, 0.3) is 0 Å². The molecule has 0 bridgehead atoms. The van der Waals surface area contributed by atoms with Crippen LogP contribution >= 0.6 is 23.4 Å². The molecule has 28 heavy (non-hydrogen) atoms. The van der Waals surface area contributed by atoms with Gasteiger partial charge in [0, 0.05) is 30.2 Å². The zero-order valence-corrected chi connectivity index (χ0v) is 18.0. The molecule has 1 aliphatic rings. The molecular weight excluding hydrogens is 396 g/mol. The molecule has 1 atom stereocenters. The summed E-state index contributed by atoms with van der Waals surface area (Å²) in [5.41, 5.74) is 13.4. The number of hydrogen-bond donors (Lipinski definition) is 3. The van der Waals surface area contributed by atoms with Crippen molar-refractivity contribution in [2.45, 2.75) is 56.2 Å². The zero-order chi connectivity index (χ0) is 20.5. The van der Waals surface area contributed by atoms with Crippen molar-refractivity contribution >= 4 is 35.0 Å². The molecule has 0 radical (unpaired) electrons. The number of aromatic nitrogens is 3. The first-order valence-electron chi connectivity index (χ1n) is 9.32. The summed E-state index contributed by atoms with van der Waals surface area (Å²) < 4.78 is 0. The number of pyridine rings is 1. The molecule has 0 amide bonds. The molecule has 0 spiro atoms. The maximum absolute atomic E-state index is 9.91. The van der Waals surface area contributed by atoms with Crippen molar-refractivity contribution in [3.8, 4) is 0 Å². The van der Waals surface area contributed by atoms with Crippen LogP contribution in [-0.2, 0) is 6.61 Å². The lowest BCUT2D eigenvalue weighted by Crippen LogP contribution is -2.47. The monoisotopic (exact) mass is 422 g/mol. The predicted molar refractivity (Wildman–Crippen MR) is 114 cm³/mol. The quantitative estimate of drug-likeness (QED) is 0.673. The molecule has 3 rings (SSSR count). The van der Waals surface area contributed by atoms with E-state index in [0.717, 1.165) is 42.3 Å². The van der Waals surface area contributed by atoms with E-state index in [9.17, 15) is 5.11 Å². The van der Waals surface area contributed by atoms with Gasteiger partial charge in [-0.1, -0.05) is 30.3 Å². The van der Waals surface area contributed by atoms with Crippen molar-refractivity contribution in [1.82, 2.24) is 15.0 Å². The fourth-order valence-corrected chi connectivity index (χ4v) is 4.40. The van der Waals surface area contributed by atoms with Gasteiger partial charge in [-0.3, -0.25) is 0 Å². The number of halogens is 1. The topological polar surface area (TPSA) is 114 Å². The fourth-order valence-electron chi connectivity index (χ4n) is 3.29. The van der Waals surface area contributed by atoms with E-state index in [1.165, 1.54) is 11.8 Å². The normalized spacial score (nSPS) is 17.6. The van der Waals surface area contributed by atoms with Crippen LogP contribution in [0.1, 0.15) is 38.1 Å². The van der Waals surface area contributed by atoms with Crippen molar-refractivity contribution in [3.63, 3.8) is 0 Å². The molecule has 0 unspecified atom stereocenters. The van der Waals surface area contributed by atoms with E-state index in [1.54, 1.807) is 12.3 Å². The van der Waals surface area contributed by atoms with Gasteiger partial charge in [0.05, 0.1) is 17.3 Å². The lowest BCUT2D eigenvalue weighted by Gasteiger charge is -2.42. The minimum atomic E-state index is -0.177. The highest BCUT2D eigenvalue weighted by Crippen LogP contribution is 2.38. The third kappa shape index (κ3) is 4.20. The summed E-state index contributed by atoms with van der Waals surface area (Å²) in [5, 5.41) is 11.0. The van der Waals surface area contributed by atoms with E-state index in [0.29, 0.717) is 15.7 Å². The molecule has 1 saturated heterocycles. The number of nitrogens with zero attached hydrogens (tertiary/aromatic N) is 4. The first-order chi connectivity index (χ1) is 13.2. The number of nitrogens with two attached hydrogens (primary N) is 2. The van der Waals surface area contributed by atoms with Gasteiger partial charge in [-0.2, -0.15) is 0 Å². The number of anilines is 2. The molecule has 7 nitrogen and oxygen atoms in total. The molecule has 5 N–H and O–H groups in total. The Morgan fingerprint density at radius 1 is 1.36 bits per heavy atom. The second kappa shape index (κ2) is 8.41. The summed E-state index contributed by atoms with van der Waals surface area (Å²) in [5.74, 6) is 1.03. The number of aliphatic hydroxyl groups excluding tert-OH is 1. The Bertz CT molecular complexity index is 855. The fraction of sp³-hybridized carbons (Fsp3) is 0.526. The van der Waals surface area contributed by atoms with Crippen molar-refractivity contribution in [2.24, 2.45) is 11.1 Å². The van der Waals surface area contributed by atoms with Crippen LogP contribution in [0.5, 0.6) is 0 Å². The van der Waals surface area contributed by atoms with Crippen LogP contribution in [-0.4, -0.2) is 39.2 Å². The molecule has 1 aliphatic heterocycles. The second-order valence-corrected chi connectivity index (χ2v) is 8.99. The van der Waals surface area contributed by atoms with Gasteiger partial charge in [-0.15, -0.1) is 0 Å². The summed E-state index contributed by atoms with van der Waals surface area (Å²) in [6.07, 6.45) is 3.58. The van der Waals surface area contributed by atoms with Crippen LogP contribution in [0.15, 0.2) is 22.2 Å². The van der Waals surface area contributed by atoms with Crippen molar-refractivity contribution < 1.29 is 5.11 Å². The number of aliphatic hydroxyl groups is 1. The van der Waals surface area contributed by atoms with Gasteiger partial charge >= 0.3 is 0 Å². The highest BCUT2D eigenvalue weighted by atomic mass is 35.5. The van der Waals surface area contributed by atoms with E-state index >= 15 is 0 Å². The Morgan fingerprint density at radius 3 is 2.64 bits per heavy atom. The number of hydrogen-bond acceptors (Lipinski definition) is 8. The Morgan fingerprint density at radius 2 is 2.04 bits per heavy atom. The Hall–Kier alpha value is -1.61. The summed E-state index contributed by atoms with van der Waals surface area (Å²) >= 11 is 7.62. The van der Waals surface area contributed by atoms with Gasteiger partial charge < -0.3 is 21.5 Å². The maximum Gasteiger partial charge on any atom is 0.153 e. The number of aryl methyl sites for hydroxylation is 1. The molecule has 0 saturated carbocycles. The summed E-state index contributed by atoms with van der Waals surface area (Å²) in [7, 11) is 0. The van der Waals surface area contributed by atoms with Crippen LogP contribution in [0.2, 0.25) is 5.02 Å². The molecule has 3 heterocycles. The van der Waals surface area contributed by atoms with Crippen LogP contribution in [0, 0.1) is 12.3 Å². The van der Waals surface area contributed by atoms with Gasteiger partial charge in [0.2, 0.25) is 0 Å². The van der Waals surface area contributed by atoms with E-state index in [1.807, 2.05) is 6.92 Å². The minimum absolute atomic E-state index is 0.131. The summed E-state index contributed by atoms with van der Waals surface area (Å²) in [4.78, 5) is 16.4. The standard InChI is InChI=1S/C19H27ClN6OS/c1-11-18(28-14-4-7-23-16(22)15(14)20)25-13(10-27)17(24-11)26-8-5-19(3,6-9-26)12(2)21/h4,7,12,27H,5-6,8-10,21H2,1-3H3,(H2,22,23)/t12-/m1/s1.